The van der Waals surface area contributed by atoms with Gasteiger partial charge in [-0.2, -0.15) is 5.10 Å². The quantitative estimate of drug-likeness (QED) is 0.900. The minimum absolute atomic E-state index is 0.0244. The predicted octanol–water partition coefficient (Wildman–Crippen LogP) is 2.24. The summed E-state index contributed by atoms with van der Waals surface area (Å²) in [5.74, 6) is 1.03. The molecule has 3 rings (SSSR count). The molecule has 1 saturated heterocycles. The lowest BCUT2D eigenvalue weighted by atomic mass is 9.95. The van der Waals surface area contributed by atoms with Crippen molar-refractivity contribution in [2.45, 2.75) is 64.5 Å². The second-order valence-electron chi connectivity index (χ2n) is 7.86. The standard InChI is InChI=1S/C17H28N4O/c1-11-10-18-8-7-13(11)19-16(22)14-9-15(12-5-6-12)21(20-14)17(2,3)4/h9,11-13,18H,5-8,10H2,1-4H3,(H,19,22). The van der Waals surface area contributed by atoms with Crippen molar-refractivity contribution in [3.05, 3.63) is 17.5 Å². The van der Waals surface area contributed by atoms with Crippen LogP contribution in [0.1, 0.15) is 69.1 Å². The van der Waals surface area contributed by atoms with Gasteiger partial charge in [-0.25, -0.2) is 0 Å². The Labute approximate surface area is 132 Å². The fraction of sp³-hybridized carbons (Fsp3) is 0.765. The van der Waals surface area contributed by atoms with Crippen LogP contribution in [0.15, 0.2) is 6.07 Å². The fourth-order valence-electron chi connectivity index (χ4n) is 3.18. The largest absolute Gasteiger partial charge is 0.348 e. The molecule has 1 saturated carbocycles. The zero-order valence-electron chi connectivity index (χ0n) is 14.1. The number of piperidine rings is 1. The molecule has 1 aliphatic heterocycles. The summed E-state index contributed by atoms with van der Waals surface area (Å²) < 4.78 is 2.05. The fourth-order valence-corrected chi connectivity index (χ4v) is 3.18. The van der Waals surface area contributed by atoms with E-state index >= 15 is 0 Å². The van der Waals surface area contributed by atoms with Crippen molar-refractivity contribution < 1.29 is 4.79 Å². The number of hydrogen-bond donors (Lipinski definition) is 2. The van der Waals surface area contributed by atoms with E-state index in [1.165, 1.54) is 18.5 Å². The van der Waals surface area contributed by atoms with Gasteiger partial charge in [-0.1, -0.05) is 6.92 Å². The van der Waals surface area contributed by atoms with E-state index in [1.54, 1.807) is 0 Å². The molecule has 0 spiro atoms. The highest BCUT2D eigenvalue weighted by atomic mass is 16.2. The molecule has 2 N–H and O–H groups in total. The first-order chi connectivity index (χ1) is 10.4. The van der Waals surface area contributed by atoms with Gasteiger partial charge in [-0.3, -0.25) is 9.48 Å². The average molecular weight is 304 g/mol. The summed E-state index contributed by atoms with van der Waals surface area (Å²) in [4.78, 5) is 12.6. The van der Waals surface area contributed by atoms with Crippen molar-refractivity contribution in [3.8, 4) is 0 Å². The maximum absolute atomic E-state index is 12.6. The Morgan fingerprint density at radius 1 is 1.36 bits per heavy atom. The molecule has 2 unspecified atom stereocenters. The van der Waals surface area contributed by atoms with Crippen molar-refractivity contribution in [2.24, 2.45) is 5.92 Å². The Kier molecular flexibility index (Phi) is 4.02. The molecule has 2 heterocycles. The maximum atomic E-state index is 12.6. The van der Waals surface area contributed by atoms with E-state index in [1.807, 2.05) is 10.7 Å². The number of nitrogens with zero attached hydrogens (tertiary/aromatic N) is 2. The van der Waals surface area contributed by atoms with E-state index in [4.69, 9.17) is 0 Å². The van der Waals surface area contributed by atoms with Gasteiger partial charge in [0.15, 0.2) is 0 Å². The van der Waals surface area contributed by atoms with Crippen molar-refractivity contribution in [3.63, 3.8) is 0 Å². The molecule has 0 bridgehead atoms. The first-order valence-electron chi connectivity index (χ1n) is 8.48. The van der Waals surface area contributed by atoms with Gasteiger partial charge in [-0.15, -0.1) is 0 Å². The molecular weight excluding hydrogens is 276 g/mol. The highest BCUT2D eigenvalue weighted by molar-refractivity contribution is 5.92. The number of hydrogen-bond acceptors (Lipinski definition) is 3. The van der Waals surface area contributed by atoms with Gasteiger partial charge in [0.25, 0.3) is 5.91 Å². The second kappa shape index (κ2) is 5.69. The van der Waals surface area contributed by atoms with Gasteiger partial charge in [-0.05, 0) is 65.1 Å². The summed E-state index contributed by atoms with van der Waals surface area (Å²) in [6.07, 6.45) is 3.42. The Hall–Kier alpha value is -1.36. The summed E-state index contributed by atoms with van der Waals surface area (Å²) in [5.41, 5.74) is 1.71. The van der Waals surface area contributed by atoms with Crippen LogP contribution in [0.4, 0.5) is 0 Å². The first-order valence-corrected chi connectivity index (χ1v) is 8.48. The van der Waals surface area contributed by atoms with E-state index in [9.17, 15) is 4.79 Å². The number of amides is 1. The number of carbonyl (C=O) groups excluding carboxylic acids is 1. The molecule has 1 aromatic rings. The minimum atomic E-state index is -0.0848. The highest BCUT2D eigenvalue weighted by Crippen LogP contribution is 2.41. The Morgan fingerprint density at radius 2 is 2.09 bits per heavy atom. The van der Waals surface area contributed by atoms with Crippen molar-refractivity contribution in [2.75, 3.05) is 13.1 Å². The number of carbonyl (C=O) groups is 1. The van der Waals surface area contributed by atoms with Crippen LogP contribution >= 0.6 is 0 Å². The highest BCUT2D eigenvalue weighted by Gasteiger charge is 2.33. The molecular formula is C17H28N4O. The van der Waals surface area contributed by atoms with Gasteiger partial charge < -0.3 is 10.6 Å². The maximum Gasteiger partial charge on any atom is 0.272 e. The molecule has 22 heavy (non-hydrogen) atoms. The minimum Gasteiger partial charge on any atom is -0.348 e. The van der Waals surface area contributed by atoms with Crippen LogP contribution in [-0.4, -0.2) is 34.8 Å². The van der Waals surface area contributed by atoms with Crippen LogP contribution in [-0.2, 0) is 5.54 Å². The summed E-state index contributed by atoms with van der Waals surface area (Å²) in [6.45, 7) is 10.5. The lowest BCUT2D eigenvalue weighted by Crippen LogP contribution is -2.48. The summed E-state index contributed by atoms with van der Waals surface area (Å²) >= 11 is 0. The lowest BCUT2D eigenvalue weighted by molar-refractivity contribution is 0.0907. The molecule has 2 atom stereocenters. The smallest absolute Gasteiger partial charge is 0.272 e. The van der Waals surface area contributed by atoms with Gasteiger partial charge >= 0.3 is 0 Å². The first kappa shape index (κ1) is 15.5. The molecule has 2 aliphatic rings. The Bertz CT molecular complexity index is 553. The number of aromatic nitrogens is 2. The average Bonchev–Trinajstić information content (AvgIpc) is 3.18. The molecule has 5 nitrogen and oxygen atoms in total. The molecule has 5 heteroatoms. The topological polar surface area (TPSA) is 58.9 Å². The monoisotopic (exact) mass is 304 g/mol. The molecule has 122 valence electrons. The van der Waals surface area contributed by atoms with E-state index in [2.05, 4.69) is 43.4 Å². The molecule has 2 fully saturated rings. The van der Waals surface area contributed by atoms with Crippen LogP contribution in [0.25, 0.3) is 0 Å². The SMILES string of the molecule is CC1CNCCC1NC(=O)c1cc(C2CC2)n(C(C)(C)C)n1. The van der Waals surface area contributed by atoms with Crippen LogP contribution < -0.4 is 10.6 Å². The van der Waals surface area contributed by atoms with Gasteiger partial charge in [0.1, 0.15) is 5.69 Å². The third-order valence-corrected chi connectivity index (χ3v) is 4.70. The Morgan fingerprint density at radius 3 is 2.68 bits per heavy atom. The van der Waals surface area contributed by atoms with E-state index in [0.29, 0.717) is 17.5 Å². The van der Waals surface area contributed by atoms with Gasteiger partial charge in [0.2, 0.25) is 0 Å². The zero-order valence-corrected chi connectivity index (χ0v) is 14.1. The Balaban J connectivity index is 1.77. The number of rotatable bonds is 3. The predicted molar refractivity (Wildman–Crippen MR) is 87.1 cm³/mol. The summed E-state index contributed by atoms with van der Waals surface area (Å²) in [5, 5.41) is 11.2. The van der Waals surface area contributed by atoms with Crippen molar-refractivity contribution in [1.29, 1.82) is 0 Å². The normalized spacial score (nSPS) is 26.0. The number of nitrogens with one attached hydrogen (secondary N) is 2. The van der Waals surface area contributed by atoms with E-state index < -0.39 is 0 Å². The van der Waals surface area contributed by atoms with Gasteiger partial charge in [0, 0.05) is 17.7 Å². The summed E-state index contributed by atoms with van der Waals surface area (Å²) in [7, 11) is 0. The third-order valence-electron chi connectivity index (χ3n) is 4.70. The van der Waals surface area contributed by atoms with Crippen molar-refractivity contribution >= 4 is 5.91 Å². The van der Waals surface area contributed by atoms with Gasteiger partial charge in [0.05, 0.1) is 5.54 Å². The second-order valence-corrected chi connectivity index (χ2v) is 7.86. The van der Waals surface area contributed by atoms with E-state index in [-0.39, 0.29) is 17.5 Å². The third kappa shape index (κ3) is 3.19. The van der Waals surface area contributed by atoms with Crippen LogP contribution in [0.3, 0.4) is 0 Å². The summed E-state index contributed by atoms with van der Waals surface area (Å²) in [6, 6.07) is 2.25. The zero-order chi connectivity index (χ0) is 15.9. The van der Waals surface area contributed by atoms with Crippen LogP contribution in [0.2, 0.25) is 0 Å². The van der Waals surface area contributed by atoms with Crippen LogP contribution in [0, 0.1) is 5.92 Å². The molecule has 0 aromatic carbocycles. The molecule has 1 aromatic heterocycles. The molecule has 0 radical (unpaired) electrons. The molecule has 1 amide bonds. The van der Waals surface area contributed by atoms with Crippen molar-refractivity contribution in [1.82, 2.24) is 20.4 Å². The molecule has 1 aliphatic carbocycles. The van der Waals surface area contributed by atoms with Crippen LogP contribution in [0.5, 0.6) is 0 Å². The van der Waals surface area contributed by atoms with E-state index in [0.717, 1.165) is 19.5 Å². The lowest BCUT2D eigenvalue weighted by Gasteiger charge is -2.29.